The lowest BCUT2D eigenvalue weighted by Gasteiger charge is -2.27. The van der Waals surface area contributed by atoms with E-state index < -0.39 is 17.5 Å². The SMILES string of the molecule is CCN(Cc1ccccn1)C(=O)NC(C)(C)C(=O)O. The molecule has 1 rings (SSSR count). The van der Waals surface area contributed by atoms with Crippen molar-refractivity contribution in [1.29, 1.82) is 0 Å². The minimum absolute atomic E-state index is 0.346. The van der Waals surface area contributed by atoms with Crippen LogP contribution in [-0.4, -0.2) is 39.1 Å². The summed E-state index contributed by atoms with van der Waals surface area (Å²) in [6.45, 7) is 5.54. The maximum absolute atomic E-state index is 12.0. The van der Waals surface area contributed by atoms with Gasteiger partial charge in [-0.05, 0) is 32.9 Å². The highest BCUT2D eigenvalue weighted by atomic mass is 16.4. The number of amides is 2. The monoisotopic (exact) mass is 265 g/mol. The summed E-state index contributed by atoms with van der Waals surface area (Å²) < 4.78 is 0. The van der Waals surface area contributed by atoms with Crippen molar-refractivity contribution in [3.8, 4) is 0 Å². The van der Waals surface area contributed by atoms with E-state index in [1.807, 2.05) is 19.1 Å². The molecule has 1 aromatic rings. The van der Waals surface area contributed by atoms with E-state index in [1.165, 1.54) is 18.7 Å². The van der Waals surface area contributed by atoms with Gasteiger partial charge in [0.15, 0.2) is 0 Å². The van der Waals surface area contributed by atoms with Crippen molar-refractivity contribution in [3.63, 3.8) is 0 Å². The number of nitrogens with zero attached hydrogens (tertiary/aromatic N) is 2. The van der Waals surface area contributed by atoms with Crippen LogP contribution < -0.4 is 5.32 Å². The van der Waals surface area contributed by atoms with Crippen molar-refractivity contribution in [2.75, 3.05) is 6.54 Å². The van der Waals surface area contributed by atoms with Gasteiger partial charge in [0.25, 0.3) is 0 Å². The molecule has 2 N–H and O–H groups in total. The Morgan fingerprint density at radius 3 is 2.58 bits per heavy atom. The minimum Gasteiger partial charge on any atom is -0.480 e. The van der Waals surface area contributed by atoms with Crippen LogP contribution in [0.15, 0.2) is 24.4 Å². The third kappa shape index (κ3) is 4.24. The Labute approximate surface area is 112 Å². The van der Waals surface area contributed by atoms with Gasteiger partial charge in [0.2, 0.25) is 0 Å². The molecule has 0 fully saturated rings. The van der Waals surface area contributed by atoms with E-state index in [2.05, 4.69) is 10.3 Å². The van der Waals surface area contributed by atoms with E-state index in [0.29, 0.717) is 13.1 Å². The van der Waals surface area contributed by atoms with E-state index >= 15 is 0 Å². The maximum atomic E-state index is 12.0. The van der Waals surface area contributed by atoms with Crippen LogP contribution in [-0.2, 0) is 11.3 Å². The van der Waals surface area contributed by atoms with Gasteiger partial charge in [-0.3, -0.25) is 4.98 Å². The van der Waals surface area contributed by atoms with Crippen LogP contribution in [0.1, 0.15) is 26.5 Å². The van der Waals surface area contributed by atoms with Crippen LogP contribution in [0.3, 0.4) is 0 Å². The van der Waals surface area contributed by atoms with Crippen LogP contribution in [0.5, 0.6) is 0 Å². The molecule has 0 aliphatic heterocycles. The zero-order chi connectivity index (χ0) is 14.5. The van der Waals surface area contributed by atoms with Gasteiger partial charge in [-0.2, -0.15) is 0 Å². The predicted octanol–water partition coefficient (Wildman–Crippen LogP) is 1.48. The highest BCUT2D eigenvalue weighted by Crippen LogP contribution is 2.06. The number of rotatable bonds is 5. The van der Waals surface area contributed by atoms with Crippen LogP contribution in [0, 0.1) is 0 Å². The largest absolute Gasteiger partial charge is 0.480 e. The van der Waals surface area contributed by atoms with Crippen LogP contribution in [0.4, 0.5) is 4.79 Å². The molecule has 6 nitrogen and oxygen atoms in total. The van der Waals surface area contributed by atoms with Gasteiger partial charge in [0.05, 0.1) is 12.2 Å². The van der Waals surface area contributed by atoms with Gasteiger partial charge in [0.1, 0.15) is 5.54 Å². The summed E-state index contributed by atoms with van der Waals surface area (Å²) >= 11 is 0. The quantitative estimate of drug-likeness (QED) is 0.844. The van der Waals surface area contributed by atoms with E-state index in [1.54, 1.807) is 12.3 Å². The molecule has 2 amide bonds. The molecule has 104 valence electrons. The molecule has 0 bridgehead atoms. The lowest BCUT2D eigenvalue weighted by atomic mass is 10.1. The molecule has 0 aliphatic carbocycles. The first-order valence-electron chi connectivity index (χ1n) is 6.07. The molecule has 0 unspecified atom stereocenters. The number of carbonyl (C=O) groups is 2. The highest BCUT2D eigenvalue weighted by molar-refractivity contribution is 5.85. The van der Waals surface area contributed by atoms with Gasteiger partial charge < -0.3 is 15.3 Å². The van der Waals surface area contributed by atoms with Crippen molar-refractivity contribution in [3.05, 3.63) is 30.1 Å². The highest BCUT2D eigenvalue weighted by Gasteiger charge is 2.30. The van der Waals surface area contributed by atoms with Crippen molar-refractivity contribution in [1.82, 2.24) is 15.2 Å². The lowest BCUT2D eigenvalue weighted by Crippen LogP contribution is -2.54. The van der Waals surface area contributed by atoms with E-state index in [4.69, 9.17) is 5.11 Å². The number of carboxylic acid groups (broad SMARTS) is 1. The van der Waals surface area contributed by atoms with Crippen molar-refractivity contribution in [2.45, 2.75) is 32.9 Å². The first-order valence-corrected chi connectivity index (χ1v) is 6.07. The number of aromatic nitrogens is 1. The number of carboxylic acids is 1. The Kier molecular flexibility index (Phi) is 4.86. The number of hydrogen-bond acceptors (Lipinski definition) is 3. The van der Waals surface area contributed by atoms with Crippen LogP contribution >= 0.6 is 0 Å². The molecule has 0 saturated carbocycles. The molecule has 0 atom stereocenters. The fourth-order valence-electron chi connectivity index (χ4n) is 1.41. The molecule has 1 heterocycles. The normalized spacial score (nSPS) is 10.9. The number of carbonyl (C=O) groups excluding carboxylic acids is 1. The summed E-state index contributed by atoms with van der Waals surface area (Å²) in [5, 5.41) is 11.5. The number of nitrogens with one attached hydrogen (secondary N) is 1. The predicted molar refractivity (Wildman–Crippen MR) is 70.6 cm³/mol. The molecule has 0 saturated heterocycles. The fraction of sp³-hybridized carbons (Fsp3) is 0.462. The summed E-state index contributed by atoms with van der Waals surface area (Å²) in [5.74, 6) is -1.07. The first kappa shape index (κ1) is 14.9. The standard InChI is InChI=1S/C13H19N3O3/c1-4-16(9-10-7-5-6-8-14-10)12(19)15-13(2,3)11(17)18/h5-8H,4,9H2,1-3H3,(H,15,19)(H,17,18). The third-order valence-corrected chi connectivity index (χ3v) is 2.70. The topological polar surface area (TPSA) is 82.5 Å². The maximum Gasteiger partial charge on any atom is 0.328 e. The summed E-state index contributed by atoms with van der Waals surface area (Å²) in [7, 11) is 0. The molecule has 19 heavy (non-hydrogen) atoms. The number of aliphatic carboxylic acids is 1. The Bertz CT molecular complexity index is 446. The average molecular weight is 265 g/mol. The average Bonchev–Trinajstić information content (AvgIpc) is 2.36. The van der Waals surface area contributed by atoms with Crippen LogP contribution in [0.2, 0.25) is 0 Å². The van der Waals surface area contributed by atoms with Crippen LogP contribution in [0.25, 0.3) is 0 Å². The zero-order valence-corrected chi connectivity index (χ0v) is 11.4. The van der Waals surface area contributed by atoms with Gasteiger partial charge in [-0.1, -0.05) is 6.07 Å². The van der Waals surface area contributed by atoms with Crippen molar-refractivity contribution < 1.29 is 14.7 Å². The Morgan fingerprint density at radius 2 is 2.11 bits per heavy atom. The zero-order valence-electron chi connectivity index (χ0n) is 11.4. The summed E-state index contributed by atoms with van der Waals surface area (Å²) in [6, 6.07) is 5.04. The Morgan fingerprint density at radius 1 is 1.42 bits per heavy atom. The summed E-state index contributed by atoms with van der Waals surface area (Å²) in [5.41, 5.74) is -0.540. The lowest BCUT2D eigenvalue weighted by molar-refractivity contribution is -0.143. The van der Waals surface area contributed by atoms with Crippen molar-refractivity contribution >= 4 is 12.0 Å². The second-order valence-corrected chi connectivity index (χ2v) is 4.70. The molecular formula is C13H19N3O3. The summed E-state index contributed by atoms with van der Waals surface area (Å²) in [4.78, 5) is 28.7. The fourth-order valence-corrected chi connectivity index (χ4v) is 1.41. The molecule has 0 spiro atoms. The number of urea groups is 1. The molecule has 0 aromatic carbocycles. The third-order valence-electron chi connectivity index (χ3n) is 2.70. The molecule has 6 heteroatoms. The van der Waals surface area contributed by atoms with Gasteiger partial charge >= 0.3 is 12.0 Å². The second kappa shape index (κ2) is 6.17. The number of pyridine rings is 1. The minimum atomic E-state index is -1.30. The molecule has 0 aliphatic rings. The van der Waals surface area contributed by atoms with Crippen molar-refractivity contribution in [2.24, 2.45) is 0 Å². The molecular weight excluding hydrogens is 246 g/mol. The van der Waals surface area contributed by atoms with Gasteiger partial charge in [-0.15, -0.1) is 0 Å². The Balaban J connectivity index is 2.70. The second-order valence-electron chi connectivity index (χ2n) is 4.70. The van der Waals surface area contributed by atoms with Gasteiger partial charge in [-0.25, -0.2) is 9.59 Å². The van der Waals surface area contributed by atoms with E-state index in [0.717, 1.165) is 5.69 Å². The number of hydrogen-bond donors (Lipinski definition) is 2. The van der Waals surface area contributed by atoms with Gasteiger partial charge in [0, 0.05) is 12.7 Å². The van der Waals surface area contributed by atoms with E-state index in [-0.39, 0.29) is 0 Å². The Hall–Kier alpha value is -2.11. The summed E-state index contributed by atoms with van der Waals surface area (Å²) in [6.07, 6.45) is 1.66. The molecule has 0 radical (unpaired) electrons. The smallest absolute Gasteiger partial charge is 0.328 e. The van der Waals surface area contributed by atoms with E-state index in [9.17, 15) is 9.59 Å². The first-order chi connectivity index (χ1) is 8.86. The molecule has 1 aromatic heterocycles.